The molecular formula is C14H16F3NO. The van der Waals surface area contributed by atoms with Gasteiger partial charge in [0.1, 0.15) is 0 Å². The minimum Gasteiger partial charge on any atom is -0.324 e. The Hall–Kier alpha value is -1.52. The topological polar surface area (TPSA) is 29.1 Å². The van der Waals surface area contributed by atoms with E-state index in [0.29, 0.717) is 5.92 Å². The van der Waals surface area contributed by atoms with E-state index >= 15 is 0 Å². The Morgan fingerprint density at radius 3 is 2.53 bits per heavy atom. The van der Waals surface area contributed by atoms with E-state index in [0.717, 1.165) is 31.4 Å². The third-order valence-electron chi connectivity index (χ3n) is 3.56. The van der Waals surface area contributed by atoms with E-state index in [4.69, 9.17) is 0 Å². The number of benzene rings is 1. The predicted octanol–water partition coefficient (Wildman–Crippen LogP) is 4.01. The Labute approximate surface area is 110 Å². The van der Waals surface area contributed by atoms with E-state index in [2.05, 4.69) is 5.32 Å². The van der Waals surface area contributed by atoms with Crippen molar-refractivity contribution in [2.75, 3.05) is 5.32 Å². The van der Waals surface area contributed by atoms with Gasteiger partial charge in [0.15, 0.2) is 17.5 Å². The Balaban J connectivity index is 1.89. The first-order chi connectivity index (χ1) is 9.08. The number of carbonyl (C=O) groups is 1. The van der Waals surface area contributed by atoms with Crippen LogP contribution in [0.25, 0.3) is 0 Å². The maximum Gasteiger partial charge on any atom is 0.224 e. The summed E-state index contributed by atoms with van der Waals surface area (Å²) >= 11 is 0. The lowest BCUT2D eigenvalue weighted by atomic mass is 10.0. The van der Waals surface area contributed by atoms with Gasteiger partial charge in [0.25, 0.3) is 0 Å². The first-order valence-electron chi connectivity index (χ1n) is 6.51. The van der Waals surface area contributed by atoms with Crippen LogP contribution in [0.2, 0.25) is 0 Å². The molecule has 5 heteroatoms. The fraction of sp³-hybridized carbons (Fsp3) is 0.500. The van der Waals surface area contributed by atoms with Crippen LogP contribution in [0.3, 0.4) is 0 Å². The van der Waals surface area contributed by atoms with E-state index in [1.807, 2.05) is 0 Å². The number of nitrogens with one attached hydrogen (secondary N) is 1. The van der Waals surface area contributed by atoms with Crippen molar-refractivity contribution in [3.05, 3.63) is 29.6 Å². The molecule has 1 amide bonds. The Kier molecular flexibility index (Phi) is 4.45. The summed E-state index contributed by atoms with van der Waals surface area (Å²) in [5.74, 6) is -3.98. The lowest BCUT2D eigenvalue weighted by Crippen LogP contribution is -2.14. The van der Waals surface area contributed by atoms with E-state index in [1.165, 1.54) is 12.8 Å². The first kappa shape index (κ1) is 13.9. The number of hydrogen-bond donors (Lipinski definition) is 1. The normalized spacial score (nSPS) is 15.7. The smallest absolute Gasteiger partial charge is 0.224 e. The third-order valence-corrected chi connectivity index (χ3v) is 3.56. The molecule has 1 aliphatic rings. The van der Waals surface area contributed by atoms with Crippen LogP contribution in [-0.4, -0.2) is 5.91 Å². The lowest BCUT2D eigenvalue weighted by molar-refractivity contribution is -0.116. The number of amides is 1. The Morgan fingerprint density at radius 1 is 1.16 bits per heavy atom. The molecule has 1 N–H and O–H groups in total. The van der Waals surface area contributed by atoms with Gasteiger partial charge < -0.3 is 5.32 Å². The van der Waals surface area contributed by atoms with E-state index < -0.39 is 17.5 Å². The van der Waals surface area contributed by atoms with Gasteiger partial charge in [-0.3, -0.25) is 4.79 Å². The molecular weight excluding hydrogens is 255 g/mol. The summed E-state index contributed by atoms with van der Waals surface area (Å²) in [6.45, 7) is 0. The molecule has 1 aromatic rings. The molecule has 0 heterocycles. The van der Waals surface area contributed by atoms with Gasteiger partial charge in [-0.25, -0.2) is 13.2 Å². The van der Waals surface area contributed by atoms with Crippen molar-refractivity contribution in [3.8, 4) is 0 Å². The molecule has 19 heavy (non-hydrogen) atoms. The standard InChI is InChI=1S/C14H16F3NO/c15-10-6-7-11(14(17)13(10)16)18-12(19)8-5-9-3-1-2-4-9/h6-7,9H,1-5,8H2,(H,18,19). The van der Waals surface area contributed by atoms with Crippen molar-refractivity contribution in [2.24, 2.45) is 5.92 Å². The second kappa shape index (κ2) is 6.08. The van der Waals surface area contributed by atoms with Crippen LogP contribution in [0.5, 0.6) is 0 Å². The molecule has 0 atom stereocenters. The Morgan fingerprint density at radius 2 is 1.84 bits per heavy atom. The van der Waals surface area contributed by atoms with Gasteiger partial charge >= 0.3 is 0 Å². The summed E-state index contributed by atoms with van der Waals surface area (Å²) in [5, 5.41) is 2.28. The second-order valence-electron chi connectivity index (χ2n) is 4.96. The van der Waals surface area contributed by atoms with Crippen molar-refractivity contribution >= 4 is 11.6 Å². The molecule has 0 saturated heterocycles. The van der Waals surface area contributed by atoms with Crippen molar-refractivity contribution in [1.82, 2.24) is 0 Å². The molecule has 104 valence electrons. The summed E-state index contributed by atoms with van der Waals surface area (Å²) in [4.78, 5) is 11.6. The van der Waals surface area contributed by atoms with Crippen molar-refractivity contribution < 1.29 is 18.0 Å². The van der Waals surface area contributed by atoms with Gasteiger partial charge in [0.2, 0.25) is 5.91 Å². The quantitative estimate of drug-likeness (QED) is 0.823. The van der Waals surface area contributed by atoms with Gasteiger partial charge in [-0.2, -0.15) is 0 Å². The molecule has 2 rings (SSSR count). The van der Waals surface area contributed by atoms with E-state index in [-0.39, 0.29) is 18.0 Å². The third kappa shape index (κ3) is 3.49. The largest absolute Gasteiger partial charge is 0.324 e. The van der Waals surface area contributed by atoms with Crippen LogP contribution >= 0.6 is 0 Å². The highest BCUT2D eigenvalue weighted by Gasteiger charge is 2.18. The van der Waals surface area contributed by atoms with Gasteiger partial charge in [-0.05, 0) is 24.5 Å². The predicted molar refractivity (Wildman–Crippen MR) is 66.1 cm³/mol. The van der Waals surface area contributed by atoms with Crippen molar-refractivity contribution in [3.63, 3.8) is 0 Å². The zero-order chi connectivity index (χ0) is 13.8. The molecule has 1 fully saturated rings. The highest BCUT2D eigenvalue weighted by atomic mass is 19.2. The highest BCUT2D eigenvalue weighted by molar-refractivity contribution is 5.90. The number of halogens is 3. The van der Waals surface area contributed by atoms with Gasteiger partial charge in [0.05, 0.1) is 5.69 Å². The summed E-state index contributed by atoms with van der Waals surface area (Å²) in [7, 11) is 0. The zero-order valence-corrected chi connectivity index (χ0v) is 10.5. The molecule has 1 saturated carbocycles. The van der Waals surface area contributed by atoms with E-state index in [9.17, 15) is 18.0 Å². The number of hydrogen-bond acceptors (Lipinski definition) is 1. The minimum absolute atomic E-state index is 0.281. The molecule has 1 aliphatic carbocycles. The van der Waals surface area contributed by atoms with Crippen molar-refractivity contribution in [1.29, 1.82) is 0 Å². The molecule has 2 nitrogen and oxygen atoms in total. The average molecular weight is 271 g/mol. The summed E-state index contributed by atoms with van der Waals surface area (Å²) in [6, 6.07) is 1.83. The maximum absolute atomic E-state index is 13.3. The monoisotopic (exact) mass is 271 g/mol. The molecule has 0 spiro atoms. The molecule has 0 bridgehead atoms. The molecule has 0 radical (unpaired) electrons. The summed E-state index contributed by atoms with van der Waals surface area (Å²) < 4.78 is 39.0. The molecule has 0 aliphatic heterocycles. The van der Waals surface area contributed by atoms with Crippen molar-refractivity contribution in [2.45, 2.75) is 38.5 Å². The van der Waals surface area contributed by atoms with Gasteiger partial charge in [0, 0.05) is 6.42 Å². The van der Waals surface area contributed by atoms with Gasteiger partial charge in [-0.15, -0.1) is 0 Å². The lowest BCUT2D eigenvalue weighted by Gasteiger charge is -2.10. The van der Waals surface area contributed by atoms with Crippen LogP contribution in [0, 0.1) is 23.4 Å². The van der Waals surface area contributed by atoms with E-state index in [1.54, 1.807) is 0 Å². The summed E-state index contributed by atoms with van der Waals surface area (Å²) in [6.07, 6.45) is 5.70. The van der Waals surface area contributed by atoms with Crippen LogP contribution in [-0.2, 0) is 4.79 Å². The molecule has 0 unspecified atom stereocenters. The highest BCUT2D eigenvalue weighted by Crippen LogP contribution is 2.28. The number of carbonyl (C=O) groups excluding carboxylic acids is 1. The Bertz CT molecular complexity index is 470. The van der Waals surface area contributed by atoms with Crippen LogP contribution < -0.4 is 5.32 Å². The average Bonchev–Trinajstić information content (AvgIpc) is 2.90. The number of rotatable bonds is 4. The van der Waals surface area contributed by atoms with Crippen LogP contribution in [0.1, 0.15) is 38.5 Å². The second-order valence-corrected chi connectivity index (χ2v) is 4.96. The molecule has 1 aromatic carbocycles. The number of anilines is 1. The fourth-order valence-corrected chi connectivity index (χ4v) is 2.47. The zero-order valence-electron chi connectivity index (χ0n) is 10.5. The molecule has 0 aromatic heterocycles. The SMILES string of the molecule is O=C(CCC1CCCC1)Nc1ccc(F)c(F)c1F. The fourth-order valence-electron chi connectivity index (χ4n) is 2.47. The van der Waals surface area contributed by atoms with Crippen LogP contribution in [0.4, 0.5) is 18.9 Å². The first-order valence-corrected chi connectivity index (χ1v) is 6.51. The minimum atomic E-state index is -1.56. The van der Waals surface area contributed by atoms with Crippen LogP contribution in [0.15, 0.2) is 12.1 Å². The van der Waals surface area contributed by atoms with Gasteiger partial charge in [-0.1, -0.05) is 25.7 Å². The maximum atomic E-state index is 13.3. The summed E-state index contributed by atoms with van der Waals surface area (Å²) in [5.41, 5.74) is -0.310.